The van der Waals surface area contributed by atoms with E-state index in [4.69, 9.17) is 11.6 Å². The van der Waals surface area contributed by atoms with Crippen LogP contribution in [0.2, 0.25) is 5.02 Å². The lowest BCUT2D eigenvalue weighted by molar-refractivity contribution is 0.104. The van der Waals surface area contributed by atoms with Crippen LogP contribution in [-0.2, 0) is 0 Å². The van der Waals surface area contributed by atoms with Gasteiger partial charge in [-0.2, -0.15) is 0 Å². The lowest BCUT2D eigenvalue weighted by Gasteiger charge is -2.05. The summed E-state index contributed by atoms with van der Waals surface area (Å²) in [5, 5.41) is 5.62. The second kappa shape index (κ2) is 6.99. The number of carbonyl (C=O) groups is 1. The molecule has 3 rings (SSSR count). The molecule has 0 heterocycles. The molecule has 1 N–H and O–H groups in total. The third-order valence-electron chi connectivity index (χ3n) is 3.46. The maximum Gasteiger partial charge on any atom is 0.187 e. The number of carbonyl (C=O) groups excluding carboxylic acids is 1. The van der Waals surface area contributed by atoms with Crippen LogP contribution < -0.4 is 5.32 Å². The maximum atomic E-state index is 12.4. The van der Waals surface area contributed by atoms with E-state index >= 15 is 0 Å². The van der Waals surface area contributed by atoms with Gasteiger partial charge in [0.1, 0.15) is 0 Å². The standard InChI is InChI=1S/C19H13BrClNO/c20-14-8-9-18(17(21)12-14)22-11-10-19(23)16-7-3-5-13-4-1-2-6-15(13)16/h1-12,22H/b11-10+. The highest BCUT2D eigenvalue weighted by Gasteiger charge is 2.06. The fourth-order valence-electron chi connectivity index (χ4n) is 2.34. The fraction of sp³-hybridized carbons (Fsp3) is 0. The predicted octanol–water partition coefficient (Wildman–Crippen LogP) is 6.06. The Morgan fingerprint density at radius 3 is 2.65 bits per heavy atom. The SMILES string of the molecule is O=C(/C=C/Nc1ccc(Br)cc1Cl)c1cccc2ccccc12. The molecule has 0 aliphatic heterocycles. The van der Waals surface area contributed by atoms with Gasteiger partial charge >= 0.3 is 0 Å². The zero-order valence-electron chi connectivity index (χ0n) is 12.1. The van der Waals surface area contributed by atoms with Gasteiger partial charge in [0.15, 0.2) is 5.78 Å². The summed E-state index contributed by atoms with van der Waals surface area (Å²) in [4.78, 5) is 12.4. The molecule has 0 spiro atoms. The summed E-state index contributed by atoms with van der Waals surface area (Å²) in [6.07, 6.45) is 3.12. The van der Waals surface area contributed by atoms with Gasteiger partial charge in [-0.1, -0.05) is 70.0 Å². The Bertz CT molecular complexity index is 900. The quantitative estimate of drug-likeness (QED) is 0.436. The van der Waals surface area contributed by atoms with Crippen molar-refractivity contribution < 1.29 is 4.79 Å². The van der Waals surface area contributed by atoms with Crippen LogP contribution in [0.3, 0.4) is 0 Å². The van der Waals surface area contributed by atoms with Crippen molar-refractivity contribution in [3.8, 4) is 0 Å². The molecule has 114 valence electrons. The summed E-state index contributed by atoms with van der Waals surface area (Å²) < 4.78 is 0.906. The summed E-state index contributed by atoms with van der Waals surface area (Å²) in [6, 6.07) is 19.1. The second-order valence-electron chi connectivity index (χ2n) is 4.99. The van der Waals surface area contributed by atoms with Crippen molar-refractivity contribution in [2.24, 2.45) is 0 Å². The third kappa shape index (κ3) is 3.63. The van der Waals surface area contributed by atoms with Crippen molar-refractivity contribution in [2.45, 2.75) is 0 Å². The molecule has 2 nitrogen and oxygen atoms in total. The zero-order chi connectivity index (χ0) is 16.2. The molecular weight excluding hydrogens is 374 g/mol. The van der Waals surface area contributed by atoms with Crippen LogP contribution in [0, 0.1) is 0 Å². The zero-order valence-corrected chi connectivity index (χ0v) is 14.4. The molecule has 0 bridgehead atoms. The minimum absolute atomic E-state index is 0.0532. The monoisotopic (exact) mass is 385 g/mol. The normalized spacial score (nSPS) is 11.0. The summed E-state index contributed by atoms with van der Waals surface area (Å²) in [7, 11) is 0. The van der Waals surface area contributed by atoms with E-state index in [-0.39, 0.29) is 5.78 Å². The van der Waals surface area contributed by atoms with Crippen molar-refractivity contribution >= 4 is 49.8 Å². The van der Waals surface area contributed by atoms with Gasteiger partial charge in [0.05, 0.1) is 10.7 Å². The van der Waals surface area contributed by atoms with Gasteiger partial charge in [-0.25, -0.2) is 0 Å². The molecule has 23 heavy (non-hydrogen) atoms. The molecule has 4 heteroatoms. The minimum Gasteiger partial charge on any atom is -0.360 e. The Balaban J connectivity index is 1.80. The van der Waals surface area contributed by atoms with Crippen molar-refractivity contribution in [2.75, 3.05) is 5.32 Å². The van der Waals surface area contributed by atoms with E-state index in [2.05, 4.69) is 21.2 Å². The molecule has 0 atom stereocenters. The Morgan fingerprint density at radius 2 is 1.83 bits per heavy atom. The topological polar surface area (TPSA) is 29.1 Å². The number of allylic oxidation sites excluding steroid dienone is 1. The molecule has 3 aromatic rings. The van der Waals surface area contributed by atoms with Crippen LogP contribution in [0.5, 0.6) is 0 Å². The number of anilines is 1. The molecule has 0 amide bonds. The van der Waals surface area contributed by atoms with Gasteiger partial charge in [-0.05, 0) is 29.0 Å². The van der Waals surface area contributed by atoms with Gasteiger partial charge in [-0.15, -0.1) is 0 Å². The Kier molecular flexibility index (Phi) is 4.79. The van der Waals surface area contributed by atoms with E-state index in [0.29, 0.717) is 10.6 Å². The molecule has 0 unspecified atom stereocenters. The van der Waals surface area contributed by atoms with Crippen molar-refractivity contribution in [3.63, 3.8) is 0 Å². The summed E-state index contributed by atoms with van der Waals surface area (Å²) >= 11 is 9.49. The largest absolute Gasteiger partial charge is 0.360 e. The molecule has 0 saturated carbocycles. The smallest absolute Gasteiger partial charge is 0.187 e. The Morgan fingerprint density at radius 1 is 1.04 bits per heavy atom. The van der Waals surface area contributed by atoms with Crippen LogP contribution in [0.4, 0.5) is 5.69 Å². The molecule has 0 aliphatic rings. The fourth-order valence-corrected chi connectivity index (χ4v) is 3.07. The number of fused-ring (bicyclic) bond motifs is 1. The molecule has 3 aromatic carbocycles. The van der Waals surface area contributed by atoms with Crippen LogP contribution in [0.1, 0.15) is 10.4 Å². The van der Waals surface area contributed by atoms with Crippen LogP contribution in [0.25, 0.3) is 10.8 Å². The van der Waals surface area contributed by atoms with Crippen LogP contribution in [0.15, 0.2) is 77.4 Å². The number of nitrogens with one attached hydrogen (secondary N) is 1. The molecule has 0 fully saturated rings. The van der Waals surface area contributed by atoms with Crippen molar-refractivity contribution in [3.05, 3.63) is 88.0 Å². The van der Waals surface area contributed by atoms with Crippen molar-refractivity contribution in [1.29, 1.82) is 0 Å². The van der Waals surface area contributed by atoms with Crippen LogP contribution in [-0.4, -0.2) is 5.78 Å². The lowest BCUT2D eigenvalue weighted by Crippen LogP contribution is -1.97. The molecule has 0 saturated heterocycles. The second-order valence-corrected chi connectivity index (χ2v) is 6.32. The lowest BCUT2D eigenvalue weighted by atomic mass is 10.0. The molecule has 0 radical (unpaired) electrons. The third-order valence-corrected chi connectivity index (χ3v) is 4.27. The van der Waals surface area contributed by atoms with Gasteiger partial charge in [0.25, 0.3) is 0 Å². The van der Waals surface area contributed by atoms with Crippen molar-refractivity contribution in [1.82, 2.24) is 0 Å². The van der Waals surface area contributed by atoms with Gasteiger partial charge in [0, 0.05) is 22.3 Å². The molecule has 0 aromatic heterocycles. The van der Waals surface area contributed by atoms with E-state index in [1.165, 1.54) is 6.08 Å². The Labute approximate surface area is 147 Å². The highest BCUT2D eigenvalue weighted by molar-refractivity contribution is 9.10. The summed E-state index contributed by atoms with van der Waals surface area (Å²) in [6.45, 7) is 0. The highest BCUT2D eigenvalue weighted by Crippen LogP contribution is 2.25. The van der Waals surface area contributed by atoms with E-state index in [1.54, 1.807) is 12.3 Å². The molecular formula is C19H13BrClNO. The Hall–Kier alpha value is -2.10. The first kappa shape index (κ1) is 15.8. The number of benzene rings is 3. The number of ketones is 1. The predicted molar refractivity (Wildman–Crippen MR) is 100 cm³/mol. The van der Waals surface area contributed by atoms with Gasteiger partial charge in [-0.3, -0.25) is 4.79 Å². The van der Waals surface area contributed by atoms with E-state index in [1.807, 2.05) is 54.6 Å². The highest BCUT2D eigenvalue weighted by atomic mass is 79.9. The number of hydrogen-bond acceptors (Lipinski definition) is 2. The van der Waals surface area contributed by atoms with E-state index in [9.17, 15) is 4.79 Å². The van der Waals surface area contributed by atoms with Gasteiger partial charge < -0.3 is 5.32 Å². The number of halogens is 2. The number of hydrogen-bond donors (Lipinski definition) is 1. The average Bonchev–Trinajstić information content (AvgIpc) is 2.56. The first-order chi connectivity index (χ1) is 11.1. The average molecular weight is 387 g/mol. The summed E-state index contributed by atoms with van der Waals surface area (Å²) in [5.74, 6) is -0.0532. The van der Waals surface area contributed by atoms with E-state index < -0.39 is 0 Å². The first-order valence-corrected chi connectivity index (χ1v) is 8.22. The maximum absolute atomic E-state index is 12.4. The van der Waals surface area contributed by atoms with Gasteiger partial charge in [0.2, 0.25) is 0 Å². The van der Waals surface area contributed by atoms with E-state index in [0.717, 1.165) is 20.9 Å². The number of rotatable bonds is 4. The first-order valence-electron chi connectivity index (χ1n) is 7.05. The minimum atomic E-state index is -0.0532. The molecule has 0 aliphatic carbocycles. The summed E-state index contributed by atoms with van der Waals surface area (Å²) in [5.41, 5.74) is 1.43. The van der Waals surface area contributed by atoms with Crippen LogP contribution >= 0.6 is 27.5 Å².